The quantitative estimate of drug-likeness (QED) is 0.437. The molecular formula is C18H29NO6. The molecule has 25 heavy (non-hydrogen) atoms. The summed E-state index contributed by atoms with van der Waals surface area (Å²) in [4.78, 5) is 38.9. The van der Waals surface area contributed by atoms with Crippen molar-refractivity contribution in [3.63, 3.8) is 0 Å². The molecular weight excluding hydrogens is 326 g/mol. The van der Waals surface area contributed by atoms with E-state index in [1.54, 1.807) is 18.7 Å². The minimum Gasteiger partial charge on any atom is -0.465 e. The van der Waals surface area contributed by atoms with Crippen LogP contribution in [0.2, 0.25) is 0 Å². The minimum absolute atomic E-state index is 0.0707. The fourth-order valence-corrected chi connectivity index (χ4v) is 3.81. The highest BCUT2D eigenvalue weighted by molar-refractivity contribution is 6.00. The van der Waals surface area contributed by atoms with Gasteiger partial charge in [-0.05, 0) is 59.3 Å². The molecule has 1 saturated carbocycles. The topological polar surface area (TPSA) is 82.1 Å². The number of hydrogen-bond acceptors (Lipinski definition) is 6. The summed E-state index contributed by atoms with van der Waals surface area (Å²) >= 11 is 0. The van der Waals surface area contributed by atoms with Gasteiger partial charge in [-0.15, -0.1) is 0 Å². The number of esters is 2. The number of nitrogens with zero attached hydrogens (tertiary/aromatic N) is 1. The molecule has 1 heterocycles. The van der Waals surface area contributed by atoms with E-state index in [0.717, 1.165) is 0 Å². The Morgan fingerprint density at radius 2 is 1.40 bits per heavy atom. The van der Waals surface area contributed by atoms with E-state index in [2.05, 4.69) is 0 Å². The standard InChI is InChI=1S/C18H29NO6/c1-6-23-14(20)18(15(21)24-7-2)8-12-10-19(11-13(12)9-18)16(22)25-17(3,4)5/h12-13H,6-11H2,1-5H3/t12-,13+. The summed E-state index contributed by atoms with van der Waals surface area (Å²) in [6.45, 7) is 10.3. The SMILES string of the molecule is CCOC(=O)C1(C(=O)OCC)C[C@H]2CN(C(=O)OC(C)(C)C)C[C@H]2C1. The molecule has 0 aromatic carbocycles. The van der Waals surface area contributed by atoms with Crippen molar-refractivity contribution >= 4 is 18.0 Å². The van der Waals surface area contributed by atoms with E-state index in [4.69, 9.17) is 14.2 Å². The molecule has 1 aliphatic carbocycles. The lowest BCUT2D eigenvalue weighted by molar-refractivity contribution is -0.172. The lowest BCUT2D eigenvalue weighted by Gasteiger charge is -2.28. The van der Waals surface area contributed by atoms with Gasteiger partial charge in [-0.3, -0.25) is 9.59 Å². The van der Waals surface area contributed by atoms with Gasteiger partial charge in [-0.2, -0.15) is 0 Å². The zero-order valence-corrected chi connectivity index (χ0v) is 15.8. The molecule has 0 spiro atoms. The predicted molar refractivity (Wildman–Crippen MR) is 89.7 cm³/mol. The highest BCUT2D eigenvalue weighted by Gasteiger charge is 2.60. The van der Waals surface area contributed by atoms with E-state index in [9.17, 15) is 14.4 Å². The van der Waals surface area contributed by atoms with Gasteiger partial charge in [0.15, 0.2) is 5.41 Å². The van der Waals surface area contributed by atoms with E-state index in [-0.39, 0.29) is 31.1 Å². The molecule has 1 saturated heterocycles. The van der Waals surface area contributed by atoms with Gasteiger partial charge in [0, 0.05) is 13.1 Å². The van der Waals surface area contributed by atoms with Crippen LogP contribution < -0.4 is 0 Å². The molecule has 1 amide bonds. The fourth-order valence-electron chi connectivity index (χ4n) is 3.81. The van der Waals surface area contributed by atoms with Gasteiger partial charge in [0.25, 0.3) is 0 Å². The summed E-state index contributed by atoms with van der Waals surface area (Å²) in [6.07, 6.45) is 0.364. The van der Waals surface area contributed by atoms with Crippen molar-refractivity contribution in [1.82, 2.24) is 4.90 Å². The molecule has 2 aliphatic rings. The van der Waals surface area contributed by atoms with Crippen LogP contribution in [0, 0.1) is 17.3 Å². The number of amides is 1. The van der Waals surface area contributed by atoms with E-state index < -0.39 is 23.0 Å². The van der Waals surface area contributed by atoms with Crippen molar-refractivity contribution in [1.29, 1.82) is 0 Å². The van der Waals surface area contributed by atoms with Crippen LogP contribution in [0.15, 0.2) is 0 Å². The van der Waals surface area contributed by atoms with Crippen LogP contribution in [0.25, 0.3) is 0 Å². The summed E-state index contributed by atoms with van der Waals surface area (Å²) in [5, 5.41) is 0. The van der Waals surface area contributed by atoms with E-state index in [0.29, 0.717) is 25.9 Å². The number of likely N-dealkylation sites (tertiary alicyclic amines) is 1. The average Bonchev–Trinajstić information content (AvgIpc) is 3.02. The highest BCUT2D eigenvalue weighted by Crippen LogP contribution is 2.50. The van der Waals surface area contributed by atoms with Gasteiger partial charge in [0.1, 0.15) is 5.60 Å². The van der Waals surface area contributed by atoms with Crippen LogP contribution in [0.4, 0.5) is 4.79 Å². The third-order valence-electron chi connectivity index (χ3n) is 4.78. The molecule has 0 aromatic heterocycles. The zero-order valence-electron chi connectivity index (χ0n) is 15.8. The first kappa shape index (κ1) is 19.5. The molecule has 2 atom stereocenters. The maximum absolute atomic E-state index is 12.5. The van der Waals surface area contributed by atoms with Gasteiger partial charge < -0.3 is 19.1 Å². The van der Waals surface area contributed by atoms with Crippen LogP contribution in [0.5, 0.6) is 0 Å². The average molecular weight is 355 g/mol. The smallest absolute Gasteiger partial charge is 0.410 e. The number of carbonyl (C=O) groups excluding carboxylic acids is 3. The second-order valence-corrected chi connectivity index (χ2v) is 7.84. The van der Waals surface area contributed by atoms with Crippen LogP contribution in [-0.4, -0.2) is 54.8 Å². The summed E-state index contributed by atoms with van der Waals surface area (Å²) in [7, 11) is 0. The molecule has 0 radical (unpaired) electrons. The predicted octanol–water partition coefficient (Wildman–Crippen LogP) is 2.38. The molecule has 2 fully saturated rings. The summed E-state index contributed by atoms with van der Waals surface area (Å²) < 4.78 is 15.7. The molecule has 0 unspecified atom stereocenters. The first-order chi connectivity index (χ1) is 11.6. The second-order valence-electron chi connectivity index (χ2n) is 7.84. The van der Waals surface area contributed by atoms with Gasteiger partial charge in [-0.25, -0.2) is 4.79 Å². The van der Waals surface area contributed by atoms with Gasteiger partial charge in [0.05, 0.1) is 13.2 Å². The van der Waals surface area contributed by atoms with E-state index in [1.807, 2.05) is 20.8 Å². The van der Waals surface area contributed by atoms with Gasteiger partial charge in [-0.1, -0.05) is 0 Å². The molecule has 7 heteroatoms. The third kappa shape index (κ3) is 4.07. The Bertz CT molecular complexity index is 504. The highest BCUT2D eigenvalue weighted by atomic mass is 16.6. The summed E-state index contributed by atoms with van der Waals surface area (Å²) in [6, 6.07) is 0. The van der Waals surface area contributed by atoms with Crippen LogP contribution in [0.3, 0.4) is 0 Å². The molecule has 7 nitrogen and oxygen atoms in total. The Morgan fingerprint density at radius 1 is 0.960 bits per heavy atom. The summed E-state index contributed by atoms with van der Waals surface area (Å²) in [5.74, 6) is -0.874. The van der Waals surface area contributed by atoms with Crippen molar-refractivity contribution < 1.29 is 28.6 Å². The monoisotopic (exact) mass is 355 g/mol. The number of ether oxygens (including phenoxy) is 3. The zero-order chi connectivity index (χ0) is 18.8. The normalized spacial score (nSPS) is 24.6. The Kier molecular flexibility index (Phi) is 5.64. The minimum atomic E-state index is -1.23. The van der Waals surface area contributed by atoms with Gasteiger partial charge >= 0.3 is 18.0 Å². The van der Waals surface area contributed by atoms with Crippen molar-refractivity contribution in [3.8, 4) is 0 Å². The first-order valence-corrected chi connectivity index (χ1v) is 8.95. The maximum atomic E-state index is 12.5. The Balaban J connectivity index is 2.09. The molecule has 2 rings (SSSR count). The van der Waals surface area contributed by atoms with E-state index >= 15 is 0 Å². The maximum Gasteiger partial charge on any atom is 0.410 e. The Hall–Kier alpha value is -1.79. The number of fused-ring (bicyclic) bond motifs is 1. The molecule has 0 bridgehead atoms. The Morgan fingerprint density at radius 3 is 1.76 bits per heavy atom. The first-order valence-electron chi connectivity index (χ1n) is 8.95. The lowest BCUT2D eigenvalue weighted by atomic mass is 9.84. The molecule has 1 aliphatic heterocycles. The van der Waals surface area contributed by atoms with Crippen LogP contribution >= 0.6 is 0 Å². The van der Waals surface area contributed by atoms with Crippen molar-refractivity contribution in [3.05, 3.63) is 0 Å². The van der Waals surface area contributed by atoms with Crippen LogP contribution in [0.1, 0.15) is 47.5 Å². The molecule has 0 aromatic rings. The number of rotatable bonds is 4. The molecule has 142 valence electrons. The number of hydrogen-bond donors (Lipinski definition) is 0. The van der Waals surface area contributed by atoms with Crippen molar-refractivity contribution in [2.24, 2.45) is 17.3 Å². The van der Waals surface area contributed by atoms with E-state index in [1.165, 1.54) is 0 Å². The lowest BCUT2D eigenvalue weighted by Crippen LogP contribution is -2.42. The fraction of sp³-hybridized carbons (Fsp3) is 0.833. The number of carbonyl (C=O) groups is 3. The third-order valence-corrected chi connectivity index (χ3v) is 4.78. The van der Waals surface area contributed by atoms with Crippen molar-refractivity contribution in [2.45, 2.75) is 53.1 Å². The van der Waals surface area contributed by atoms with Crippen molar-refractivity contribution in [2.75, 3.05) is 26.3 Å². The second kappa shape index (κ2) is 7.22. The largest absolute Gasteiger partial charge is 0.465 e. The van der Waals surface area contributed by atoms with Crippen LogP contribution in [-0.2, 0) is 23.8 Å². The Labute approximate surface area is 149 Å². The molecule has 0 N–H and O–H groups in total. The van der Waals surface area contributed by atoms with Gasteiger partial charge in [0.2, 0.25) is 0 Å². The summed E-state index contributed by atoms with van der Waals surface area (Å²) in [5.41, 5.74) is -1.78.